The number of ether oxygens (including phenoxy) is 2. The Kier molecular flexibility index (Phi) is 6.12. The molecule has 0 aliphatic heterocycles. The first kappa shape index (κ1) is 18.5. The van der Waals surface area contributed by atoms with Crippen LogP contribution in [0.1, 0.15) is 36.7 Å². The van der Waals surface area contributed by atoms with E-state index in [1.807, 2.05) is 0 Å². The first-order chi connectivity index (χ1) is 10.6. The number of alkyl carbamates (subject to hydrolysis) is 1. The summed E-state index contributed by atoms with van der Waals surface area (Å²) in [5.74, 6) is -1.71. The van der Waals surface area contributed by atoms with E-state index in [1.54, 1.807) is 39.0 Å². The lowest BCUT2D eigenvalue weighted by Gasteiger charge is -2.22. The Morgan fingerprint density at radius 1 is 1.26 bits per heavy atom. The Morgan fingerprint density at radius 2 is 1.91 bits per heavy atom. The van der Waals surface area contributed by atoms with Crippen molar-refractivity contribution in [1.82, 2.24) is 5.32 Å². The average Bonchev–Trinajstić information content (AvgIpc) is 2.44. The van der Waals surface area contributed by atoms with Gasteiger partial charge in [-0.2, -0.15) is 0 Å². The molecule has 0 radical (unpaired) electrons. The van der Waals surface area contributed by atoms with Crippen LogP contribution in [0.4, 0.5) is 4.79 Å². The van der Waals surface area contributed by atoms with E-state index in [0.717, 1.165) is 0 Å². The lowest BCUT2D eigenvalue weighted by atomic mass is 10.0. The minimum absolute atomic E-state index is 0.0133. The maximum absolute atomic E-state index is 11.7. The summed E-state index contributed by atoms with van der Waals surface area (Å²) < 4.78 is 9.67. The van der Waals surface area contributed by atoms with Gasteiger partial charge in [0, 0.05) is 6.42 Å². The van der Waals surface area contributed by atoms with Gasteiger partial charge in [-0.25, -0.2) is 14.4 Å². The summed E-state index contributed by atoms with van der Waals surface area (Å²) in [5.41, 5.74) is 0.167. The molecule has 7 nitrogen and oxygen atoms in total. The number of carboxylic acids is 1. The van der Waals surface area contributed by atoms with Gasteiger partial charge < -0.3 is 19.9 Å². The summed E-state index contributed by atoms with van der Waals surface area (Å²) in [6.07, 6.45) is -0.798. The number of carbonyl (C=O) groups excluding carboxylic acids is 2. The molecule has 0 saturated heterocycles. The molecule has 1 amide bonds. The number of rotatable bonds is 5. The van der Waals surface area contributed by atoms with Crippen molar-refractivity contribution in [3.05, 3.63) is 35.4 Å². The minimum atomic E-state index is -1.20. The predicted molar refractivity (Wildman–Crippen MR) is 82.3 cm³/mol. The molecule has 1 rings (SSSR count). The van der Waals surface area contributed by atoms with Crippen LogP contribution in [0, 0.1) is 0 Å². The topological polar surface area (TPSA) is 102 Å². The Morgan fingerprint density at radius 3 is 2.43 bits per heavy atom. The van der Waals surface area contributed by atoms with Crippen LogP contribution in [0.25, 0.3) is 0 Å². The number of aliphatic carboxylic acids is 1. The minimum Gasteiger partial charge on any atom is -0.480 e. The van der Waals surface area contributed by atoms with E-state index < -0.39 is 29.7 Å². The van der Waals surface area contributed by atoms with E-state index in [4.69, 9.17) is 4.74 Å². The van der Waals surface area contributed by atoms with Gasteiger partial charge in [-0.3, -0.25) is 0 Å². The number of methoxy groups -OCH3 is 1. The molecular formula is C16H21NO6. The fourth-order valence-corrected chi connectivity index (χ4v) is 1.83. The molecule has 0 aromatic heterocycles. The molecule has 0 heterocycles. The zero-order valence-electron chi connectivity index (χ0n) is 13.6. The molecule has 0 aliphatic rings. The Hall–Kier alpha value is -2.57. The van der Waals surface area contributed by atoms with Crippen LogP contribution in [0.3, 0.4) is 0 Å². The zero-order valence-corrected chi connectivity index (χ0v) is 13.6. The second-order valence-electron chi connectivity index (χ2n) is 5.93. The average molecular weight is 323 g/mol. The Bertz CT molecular complexity index is 590. The number of carboxylic acid groups (broad SMARTS) is 1. The van der Waals surface area contributed by atoms with Crippen LogP contribution in [0.5, 0.6) is 0 Å². The summed E-state index contributed by atoms with van der Waals surface area (Å²) in [6, 6.07) is 5.20. The third kappa shape index (κ3) is 6.37. The van der Waals surface area contributed by atoms with Crippen LogP contribution in [0.15, 0.2) is 24.3 Å². The quantitative estimate of drug-likeness (QED) is 0.804. The molecule has 7 heteroatoms. The molecule has 0 saturated carbocycles. The molecule has 0 unspecified atom stereocenters. The highest BCUT2D eigenvalue weighted by atomic mass is 16.6. The van der Waals surface area contributed by atoms with Gasteiger partial charge in [0.15, 0.2) is 0 Å². The molecule has 0 bridgehead atoms. The van der Waals surface area contributed by atoms with Gasteiger partial charge in [-0.1, -0.05) is 12.1 Å². The van der Waals surface area contributed by atoms with E-state index in [9.17, 15) is 19.5 Å². The van der Waals surface area contributed by atoms with Crippen molar-refractivity contribution in [3.8, 4) is 0 Å². The van der Waals surface area contributed by atoms with Gasteiger partial charge in [-0.15, -0.1) is 0 Å². The number of hydrogen-bond acceptors (Lipinski definition) is 5. The maximum atomic E-state index is 11.7. The highest BCUT2D eigenvalue weighted by Crippen LogP contribution is 2.11. The van der Waals surface area contributed by atoms with E-state index in [2.05, 4.69) is 10.1 Å². The normalized spacial score (nSPS) is 12.2. The molecule has 0 spiro atoms. The zero-order chi connectivity index (χ0) is 17.6. The predicted octanol–water partition coefficient (Wildman–Crippen LogP) is 1.99. The molecule has 1 aromatic carbocycles. The van der Waals surface area contributed by atoms with Crippen molar-refractivity contribution in [2.24, 2.45) is 0 Å². The number of carbonyl (C=O) groups is 3. The van der Waals surface area contributed by atoms with Crippen molar-refractivity contribution in [1.29, 1.82) is 0 Å². The van der Waals surface area contributed by atoms with Gasteiger partial charge in [0.25, 0.3) is 0 Å². The van der Waals surface area contributed by atoms with E-state index in [0.29, 0.717) is 11.1 Å². The molecule has 23 heavy (non-hydrogen) atoms. The maximum Gasteiger partial charge on any atom is 0.408 e. The van der Waals surface area contributed by atoms with Gasteiger partial charge in [0.05, 0.1) is 12.7 Å². The molecule has 1 atom stereocenters. The largest absolute Gasteiger partial charge is 0.480 e. The van der Waals surface area contributed by atoms with Gasteiger partial charge in [-0.05, 0) is 38.5 Å². The van der Waals surface area contributed by atoms with Crippen molar-refractivity contribution in [3.63, 3.8) is 0 Å². The SMILES string of the molecule is COC(=O)c1cccc(C[C@H](NC(=O)OC(C)(C)C)C(=O)O)c1. The summed E-state index contributed by atoms with van der Waals surface area (Å²) in [5, 5.41) is 11.6. The van der Waals surface area contributed by atoms with Crippen molar-refractivity contribution in [2.75, 3.05) is 7.11 Å². The van der Waals surface area contributed by atoms with Gasteiger partial charge in [0.1, 0.15) is 11.6 Å². The van der Waals surface area contributed by atoms with E-state index in [1.165, 1.54) is 13.2 Å². The monoisotopic (exact) mass is 323 g/mol. The van der Waals surface area contributed by atoms with Crippen LogP contribution in [0.2, 0.25) is 0 Å². The van der Waals surface area contributed by atoms with Crippen molar-refractivity contribution < 1.29 is 29.0 Å². The smallest absolute Gasteiger partial charge is 0.408 e. The number of esters is 1. The number of amides is 1. The second-order valence-corrected chi connectivity index (χ2v) is 5.93. The molecule has 2 N–H and O–H groups in total. The van der Waals surface area contributed by atoms with Crippen LogP contribution in [-0.4, -0.2) is 41.9 Å². The summed E-state index contributed by atoms with van der Waals surface area (Å²) in [7, 11) is 1.26. The Balaban J connectivity index is 2.82. The third-order valence-electron chi connectivity index (χ3n) is 2.78. The van der Waals surface area contributed by atoms with Crippen LogP contribution < -0.4 is 5.32 Å². The van der Waals surface area contributed by atoms with Gasteiger partial charge >= 0.3 is 18.0 Å². The molecule has 0 aliphatic carbocycles. The summed E-state index contributed by atoms with van der Waals surface area (Å²) in [4.78, 5) is 34.5. The summed E-state index contributed by atoms with van der Waals surface area (Å²) in [6.45, 7) is 5.05. The first-order valence-corrected chi connectivity index (χ1v) is 7.02. The van der Waals surface area contributed by atoms with Crippen molar-refractivity contribution in [2.45, 2.75) is 38.8 Å². The number of nitrogens with one attached hydrogen (secondary N) is 1. The molecule has 0 fully saturated rings. The second kappa shape index (κ2) is 7.62. The van der Waals surface area contributed by atoms with Crippen LogP contribution >= 0.6 is 0 Å². The van der Waals surface area contributed by atoms with E-state index >= 15 is 0 Å². The van der Waals surface area contributed by atoms with Gasteiger partial charge in [0.2, 0.25) is 0 Å². The van der Waals surface area contributed by atoms with Crippen molar-refractivity contribution >= 4 is 18.0 Å². The summed E-state index contributed by atoms with van der Waals surface area (Å²) >= 11 is 0. The first-order valence-electron chi connectivity index (χ1n) is 7.02. The number of hydrogen-bond donors (Lipinski definition) is 2. The lowest BCUT2D eigenvalue weighted by molar-refractivity contribution is -0.139. The van der Waals surface area contributed by atoms with E-state index in [-0.39, 0.29) is 6.42 Å². The highest BCUT2D eigenvalue weighted by molar-refractivity contribution is 5.89. The fraction of sp³-hybridized carbons (Fsp3) is 0.438. The Labute approximate surface area is 134 Å². The molecule has 126 valence electrons. The lowest BCUT2D eigenvalue weighted by Crippen LogP contribution is -2.44. The third-order valence-corrected chi connectivity index (χ3v) is 2.78. The highest BCUT2D eigenvalue weighted by Gasteiger charge is 2.24. The fourth-order valence-electron chi connectivity index (χ4n) is 1.83. The standard InChI is InChI=1S/C16H21NO6/c1-16(2,3)23-15(21)17-12(13(18)19)9-10-6-5-7-11(8-10)14(20)22-4/h5-8,12H,9H2,1-4H3,(H,17,21)(H,18,19)/t12-/m0/s1. The van der Waals surface area contributed by atoms with Crippen LogP contribution in [-0.2, 0) is 20.7 Å². The molecular weight excluding hydrogens is 302 g/mol. The molecule has 1 aromatic rings. The number of benzene rings is 1.